The summed E-state index contributed by atoms with van der Waals surface area (Å²) in [5, 5.41) is 10.2. The number of benzene rings is 2. The standard InChI is InChI=1S/C21H26ClN5O2.HI/c1-23-20(24-13-15-6-8-17(9-7-15)26-21(28)29-2)25-18-10-11-27(14-18)19-5-3-4-16(22)12-19;/h3-9,12,18H,10-11,13-14H2,1-2H3,(H,26,28)(H2,23,24,25);1H. The summed E-state index contributed by atoms with van der Waals surface area (Å²) in [4.78, 5) is 17.9. The van der Waals surface area contributed by atoms with Crippen molar-refractivity contribution < 1.29 is 9.53 Å². The first-order chi connectivity index (χ1) is 14.1. The maximum Gasteiger partial charge on any atom is 0.411 e. The molecule has 2 aromatic carbocycles. The third-order valence-corrected chi connectivity index (χ3v) is 5.01. The Labute approximate surface area is 199 Å². The van der Waals surface area contributed by atoms with Crippen LogP contribution < -0.4 is 20.9 Å². The van der Waals surface area contributed by atoms with Crippen LogP contribution in [0, 0.1) is 0 Å². The predicted octanol–water partition coefficient (Wildman–Crippen LogP) is 4.08. The Morgan fingerprint density at radius 2 is 2.03 bits per heavy atom. The van der Waals surface area contributed by atoms with Crippen molar-refractivity contribution in [3.05, 3.63) is 59.1 Å². The van der Waals surface area contributed by atoms with Gasteiger partial charge in [0.05, 0.1) is 7.11 Å². The van der Waals surface area contributed by atoms with E-state index in [0.717, 1.165) is 41.7 Å². The topological polar surface area (TPSA) is 78.0 Å². The van der Waals surface area contributed by atoms with Gasteiger partial charge in [0.15, 0.2) is 5.96 Å². The van der Waals surface area contributed by atoms with E-state index in [0.29, 0.717) is 18.3 Å². The highest BCUT2D eigenvalue weighted by Gasteiger charge is 2.23. The van der Waals surface area contributed by atoms with Gasteiger partial charge in [-0.1, -0.05) is 29.8 Å². The number of amides is 1. The van der Waals surface area contributed by atoms with Crippen LogP contribution in [0.1, 0.15) is 12.0 Å². The highest BCUT2D eigenvalue weighted by atomic mass is 127. The minimum Gasteiger partial charge on any atom is -0.453 e. The van der Waals surface area contributed by atoms with Gasteiger partial charge in [0.2, 0.25) is 0 Å². The zero-order valence-electron chi connectivity index (χ0n) is 17.0. The third-order valence-electron chi connectivity index (χ3n) is 4.77. The number of nitrogens with zero attached hydrogens (tertiary/aromatic N) is 2. The molecule has 1 aliphatic rings. The molecule has 0 saturated carbocycles. The molecular weight excluding hydrogens is 517 g/mol. The average molecular weight is 544 g/mol. The normalized spacial score (nSPS) is 15.9. The molecule has 0 radical (unpaired) electrons. The molecular formula is C21H27ClIN5O2. The van der Waals surface area contributed by atoms with E-state index in [1.165, 1.54) is 7.11 Å². The maximum atomic E-state index is 11.2. The first kappa shape index (κ1) is 24.1. The number of aliphatic imine (C=N–C) groups is 1. The molecule has 1 fully saturated rings. The van der Waals surface area contributed by atoms with Crippen LogP contribution in [-0.4, -0.2) is 45.3 Å². The number of guanidine groups is 1. The van der Waals surface area contributed by atoms with Crippen LogP contribution in [0.15, 0.2) is 53.5 Å². The second-order valence-electron chi connectivity index (χ2n) is 6.80. The van der Waals surface area contributed by atoms with Crippen molar-refractivity contribution in [1.82, 2.24) is 10.6 Å². The fraction of sp³-hybridized carbons (Fsp3) is 0.333. The molecule has 1 heterocycles. The highest BCUT2D eigenvalue weighted by molar-refractivity contribution is 14.0. The quantitative estimate of drug-likeness (QED) is 0.301. The van der Waals surface area contributed by atoms with Crippen LogP contribution in [0.3, 0.4) is 0 Å². The van der Waals surface area contributed by atoms with Crippen molar-refractivity contribution in [2.45, 2.75) is 19.0 Å². The van der Waals surface area contributed by atoms with Crippen molar-refractivity contribution in [2.24, 2.45) is 4.99 Å². The van der Waals surface area contributed by atoms with E-state index < -0.39 is 6.09 Å². The van der Waals surface area contributed by atoms with E-state index in [9.17, 15) is 4.79 Å². The third kappa shape index (κ3) is 6.94. The van der Waals surface area contributed by atoms with Gasteiger partial charge in [-0.15, -0.1) is 24.0 Å². The number of anilines is 2. The Morgan fingerprint density at radius 1 is 1.27 bits per heavy atom. The van der Waals surface area contributed by atoms with Crippen LogP contribution in [0.5, 0.6) is 0 Å². The van der Waals surface area contributed by atoms with Crippen LogP contribution >= 0.6 is 35.6 Å². The van der Waals surface area contributed by atoms with E-state index in [1.54, 1.807) is 7.05 Å². The van der Waals surface area contributed by atoms with Crippen LogP contribution in [0.4, 0.5) is 16.2 Å². The number of halogens is 2. The Morgan fingerprint density at radius 3 is 2.70 bits per heavy atom. The van der Waals surface area contributed by atoms with Crippen molar-refractivity contribution in [3.63, 3.8) is 0 Å². The number of hydrogen-bond acceptors (Lipinski definition) is 4. The van der Waals surface area contributed by atoms with Crippen LogP contribution in [0.25, 0.3) is 0 Å². The summed E-state index contributed by atoms with van der Waals surface area (Å²) in [5.41, 5.74) is 2.91. The lowest BCUT2D eigenvalue weighted by molar-refractivity contribution is 0.187. The molecule has 7 nitrogen and oxygen atoms in total. The summed E-state index contributed by atoms with van der Waals surface area (Å²) in [7, 11) is 3.10. The van der Waals surface area contributed by atoms with Crippen molar-refractivity contribution in [3.8, 4) is 0 Å². The number of hydrogen-bond donors (Lipinski definition) is 3. The number of carbonyl (C=O) groups is 1. The minimum absolute atomic E-state index is 0. The van der Waals surface area contributed by atoms with Crippen molar-refractivity contribution >= 4 is 59.0 Å². The van der Waals surface area contributed by atoms with Gasteiger partial charge in [0.1, 0.15) is 0 Å². The van der Waals surface area contributed by atoms with E-state index in [1.807, 2.05) is 42.5 Å². The summed E-state index contributed by atoms with van der Waals surface area (Å²) in [6.45, 7) is 2.50. The number of ether oxygens (including phenoxy) is 1. The monoisotopic (exact) mass is 543 g/mol. The number of nitrogens with one attached hydrogen (secondary N) is 3. The molecule has 162 valence electrons. The molecule has 0 aliphatic carbocycles. The smallest absolute Gasteiger partial charge is 0.411 e. The van der Waals surface area contributed by atoms with Gasteiger partial charge in [-0.3, -0.25) is 10.3 Å². The molecule has 0 bridgehead atoms. The van der Waals surface area contributed by atoms with Crippen molar-refractivity contribution in [1.29, 1.82) is 0 Å². The van der Waals surface area contributed by atoms with Gasteiger partial charge in [-0.05, 0) is 42.3 Å². The summed E-state index contributed by atoms with van der Waals surface area (Å²) < 4.78 is 4.59. The zero-order valence-corrected chi connectivity index (χ0v) is 20.1. The van der Waals surface area contributed by atoms with Gasteiger partial charge in [-0.2, -0.15) is 0 Å². The van der Waals surface area contributed by atoms with E-state index in [4.69, 9.17) is 11.6 Å². The molecule has 2 aromatic rings. The Balaban J connectivity index is 0.00000320. The fourth-order valence-corrected chi connectivity index (χ4v) is 3.42. The lowest BCUT2D eigenvalue weighted by atomic mass is 10.2. The molecule has 9 heteroatoms. The zero-order chi connectivity index (χ0) is 20.6. The maximum absolute atomic E-state index is 11.2. The first-order valence-corrected chi connectivity index (χ1v) is 9.87. The van der Waals surface area contributed by atoms with Crippen molar-refractivity contribution in [2.75, 3.05) is 37.5 Å². The second-order valence-corrected chi connectivity index (χ2v) is 7.23. The van der Waals surface area contributed by atoms with Crippen LogP contribution in [-0.2, 0) is 11.3 Å². The van der Waals surface area contributed by atoms with Gasteiger partial charge in [0, 0.05) is 49.1 Å². The van der Waals surface area contributed by atoms with Gasteiger partial charge in [0.25, 0.3) is 0 Å². The Bertz CT molecular complexity index is 863. The molecule has 1 aliphatic heterocycles. The molecule has 3 N–H and O–H groups in total. The Hall–Kier alpha value is -2.20. The molecule has 0 spiro atoms. The molecule has 1 unspecified atom stereocenters. The largest absolute Gasteiger partial charge is 0.453 e. The first-order valence-electron chi connectivity index (χ1n) is 9.49. The molecule has 3 rings (SSSR count). The molecule has 1 atom stereocenters. The summed E-state index contributed by atoms with van der Waals surface area (Å²) in [6.07, 6.45) is 0.546. The highest BCUT2D eigenvalue weighted by Crippen LogP contribution is 2.23. The second kappa shape index (κ2) is 11.8. The number of rotatable bonds is 5. The fourth-order valence-electron chi connectivity index (χ4n) is 3.23. The predicted molar refractivity (Wildman–Crippen MR) is 133 cm³/mol. The number of carbonyl (C=O) groups excluding carboxylic acids is 1. The summed E-state index contributed by atoms with van der Waals surface area (Å²) >= 11 is 6.11. The van der Waals surface area contributed by atoms with Gasteiger partial charge < -0.3 is 20.3 Å². The SMILES string of the molecule is CN=C(NCc1ccc(NC(=O)OC)cc1)NC1CCN(c2cccc(Cl)c2)C1.I. The van der Waals surface area contributed by atoms with Crippen LogP contribution in [0.2, 0.25) is 5.02 Å². The summed E-state index contributed by atoms with van der Waals surface area (Å²) in [6, 6.07) is 15.8. The van der Waals surface area contributed by atoms with E-state index in [-0.39, 0.29) is 24.0 Å². The number of methoxy groups -OCH3 is 1. The molecule has 1 saturated heterocycles. The van der Waals surface area contributed by atoms with E-state index in [2.05, 4.69) is 36.6 Å². The minimum atomic E-state index is -0.483. The molecule has 1 amide bonds. The Kier molecular flexibility index (Phi) is 9.51. The van der Waals surface area contributed by atoms with E-state index >= 15 is 0 Å². The molecule has 0 aromatic heterocycles. The lowest BCUT2D eigenvalue weighted by Gasteiger charge is -2.20. The summed E-state index contributed by atoms with van der Waals surface area (Å²) in [5.74, 6) is 0.764. The molecule has 30 heavy (non-hydrogen) atoms. The van der Waals surface area contributed by atoms with Gasteiger partial charge in [-0.25, -0.2) is 4.79 Å². The van der Waals surface area contributed by atoms with Gasteiger partial charge >= 0.3 is 6.09 Å². The average Bonchev–Trinajstić information content (AvgIpc) is 3.20. The lowest BCUT2D eigenvalue weighted by Crippen LogP contribution is -2.44.